The van der Waals surface area contributed by atoms with E-state index in [1.54, 1.807) is 29.2 Å². The molecule has 1 heterocycles. The van der Waals surface area contributed by atoms with Crippen LogP contribution >= 0.6 is 11.6 Å². The summed E-state index contributed by atoms with van der Waals surface area (Å²) in [5.41, 5.74) is 1.57. The molecule has 7 heteroatoms. The minimum Gasteiger partial charge on any atom is -0.336 e. The van der Waals surface area contributed by atoms with Gasteiger partial charge in [-0.1, -0.05) is 41.9 Å². The molecule has 1 fully saturated rings. The molecular formula is C18H19ClN2O3S. The van der Waals surface area contributed by atoms with Gasteiger partial charge < -0.3 is 4.90 Å². The van der Waals surface area contributed by atoms with Crippen molar-refractivity contribution >= 4 is 27.5 Å². The smallest absolute Gasteiger partial charge is 0.254 e. The molecule has 25 heavy (non-hydrogen) atoms. The van der Waals surface area contributed by atoms with Crippen LogP contribution in [-0.4, -0.2) is 49.7 Å². The number of hydrogen-bond acceptors (Lipinski definition) is 3. The van der Waals surface area contributed by atoms with E-state index in [1.165, 1.54) is 10.4 Å². The Morgan fingerprint density at radius 2 is 1.56 bits per heavy atom. The summed E-state index contributed by atoms with van der Waals surface area (Å²) in [6.45, 7) is 3.12. The van der Waals surface area contributed by atoms with E-state index in [0.717, 1.165) is 5.56 Å². The standard InChI is InChI=1S/C18H19ClN2O3S/c1-14-6-2-3-7-15(14)18(22)20-10-12-21(13-11-20)25(23,24)17-9-5-4-8-16(17)19/h2-9H,10-13H2,1H3. The van der Waals surface area contributed by atoms with Gasteiger partial charge in [0, 0.05) is 31.7 Å². The summed E-state index contributed by atoms with van der Waals surface area (Å²) in [6, 6.07) is 13.8. The molecule has 0 radical (unpaired) electrons. The minimum atomic E-state index is -3.65. The molecule has 0 unspecified atom stereocenters. The number of rotatable bonds is 3. The van der Waals surface area contributed by atoms with Gasteiger partial charge >= 0.3 is 0 Å². The fourth-order valence-corrected chi connectivity index (χ4v) is 4.82. The third-order valence-electron chi connectivity index (χ3n) is 4.36. The Morgan fingerprint density at radius 1 is 0.960 bits per heavy atom. The van der Waals surface area contributed by atoms with E-state index in [1.807, 2.05) is 25.1 Å². The normalized spacial score (nSPS) is 16.0. The van der Waals surface area contributed by atoms with Crippen molar-refractivity contribution in [2.45, 2.75) is 11.8 Å². The lowest BCUT2D eigenvalue weighted by atomic mass is 10.1. The van der Waals surface area contributed by atoms with Crippen LogP contribution in [0.25, 0.3) is 0 Å². The Kier molecular flexibility index (Phi) is 5.13. The van der Waals surface area contributed by atoms with Crippen LogP contribution in [0, 0.1) is 6.92 Å². The van der Waals surface area contributed by atoms with Crippen LogP contribution in [0.3, 0.4) is 0 Å². The molecule has 0 spiro atoms. The lowest BCUT2D eigenvalue weighted by Gasteiger charge is -2.34. The number of nitrogens with zero attached hydrogens (tertiary/aromatic N) is 2. The van der Waals surface area contributed by atoms with Crippen LogP contribution in [0.5, 0.6) is 0 Å². The van der Waals surface area contributed by atoms with Crippen LogP contribution in [-0.2, 0) is 10.0 Å². The summed E-state index contributed by atoms with van der Waals surface area (Å²) in [5.74, 6) is -0.0621. The molecule has 1 amide bonds. The molecule has 0 aliphatic carbocycles. The molecular weight excluding hydrogens is 360 g/mol. The Morgan fingerprint density at radius 3 is 2.20 bits per heavy atom. The van der Waals surface area contributed by atoms with Gasteiger partial charge in [-0.2, -0.15) is 4.31 Å². The zero-order valence-electron chi connectivity index (χ0n) is 13.9. The second-order valence-corrected chi connectivity index (χ2v) is 8.26. The van der Waals surface area contributed by atoms with Crippen molar-refractivity contribution in [1.82, 2.24) is 9.21 Å². The Bertz CT molecular complexity index is 891. The minimum absolute atomic E-state index is 0.0621. The van der Waals surface area contributed by atoms with Crippen molar-refractivity contribution in [1.29, 1.82) is 0 Å². The Hall–Kier alpha value is -1.89. The number of piperazine rings is 1. The highest BCUT2D eigenvalue weighted by atomic mass is 35.5. The van der Waals surface area contributed by atoms with E-state index in [9.17, 15) is 13.2 Å². The lowest BCUT2D eigenvalue weighted by Crippen LogP contribution is -2.50. The highest BCUT2D eigenvalue weighted by molar-refractivity contribution is 7.89. The molecule has 0 saturated carbocycles. The van der Waals surface area contributed by atoms with Crippen molar-refractivity contribution in [2.24, 2.45) is 0 Å². The highest BCUT2D eigenvalue weighted by Gasteiger charge is 2.31. The van der Waals surface area contributed by atoms with Crippen LogP contribution in [0.4, 0.5) is 0 Å². The van der Waals surface area contributed by atoms with Gasteiger partial charge in [-0.3, -0.25) is 4.79 Å². The molecule has 0 atom stereocenters. The highest BCUT2D eigenvalue weighted by Crippen LogP contribution is 2.25. The van der Waals surface area contributed by atoms with Gasteiger partial charge in [-0.05, 0) is 30.7 Å². The topological polar surface area (TPSA) is 57.7 Å². The molecule has 2 aromatic carbocycles. The average molecular weight is 379 g/mol. The van der Waals surface area contributed by atoms with Crippen molar-refractivity contribution in [3.63, 3.8) is 0 Å². The van der Waals surface area contributed by atoms with Gasteiger partial charge in [0.15, 0.2) is 0 Å². The summed E-state index contributed by atoms with van der Waals surface area (Å²) in [4.78, 5) is 14.4. The first-order valence-electron chi connectivity index (χ1n) is 8.01. The van der Waals surface area contributed by atoms with E-state index in [4.69, 9.17) is 11.6 Å². The van der Waals surface area contributed by atoms with E-state index in [2.05, 4.69) is 0 Å². The molecule has 1 aliphatic heterocycles. The quantitative estimate of drug-likeness (QED) is 0.825. The van der Waals surface area contributed by atoms with Crippen LogP contribution in [0.2, 0.25) is 5.02 Å². The number of sulfonamides is 1. The molecule has 2 aromatic rings. The van der Waals surface area contributed by atoms with Crippen LogP contribution in [0.1, 0.15) is 15.9 Å². The fraction of sp³-hybridized carbons (Fsp3) is 0.278. The van der Waals surface area contributed by atoms with Crippen molar-refractivity contribution in [3.05, 3.63) is 64.7 Å². The first kappa shape index (κ1) is 17.9. The fourth-order valence-electron chi connectivity index (χ4n) is 2.91. The molecule has 0 N–H and O–H groups in total. The van der Waals surface area contributed by atoms with E-state index >= 15 is 0 Å². The number of aryl methyl sites for hydroxylation is 1. The van der Waals surface area contributed by atoms with Gasteiger partial charge in [0.25, 0.3) is 5.91 Å². The summed E-state index contributed by atoms with van der Waals surface area (Å²) in [7, 11) is -3.65. The Balaban J connectivity index is 1.73. The number of halogens is 1. The van der Waals surface area contributed by atoms with Crippen LogP contribution in [0.15, 0.2) is 53.4 Å². The summed E-state index contributed by atoms with van der Waals surface area (Å²) >= 11 is 6.03. The number of benzene rings is 2. The summed E-state index contributed by atoms with van der Waals surface area (Å²) in [5, 5.41) is 0.209. The number of carbonyl (C=O) groups excluding carboxylic acids is 1. The maximum atomic E-state index is 12.7. The average Bonchev–Trinajstić information content (AvgIpc) is 2.62. The first-order chi connectivity index (χ1) is 11.9. The molecule has 132 valence electrons. The largest absolute Gasteiger partial charge is 0.336 e. The predicted octanol–water partition coefficient (Wildman–Crippen LogP) is 2.80. The van der Waals surface area contributed by atoms with E-state index in [-0.39, 0.29) is 28.9 Å². The van der Waals surface area contributed by atoms with Crippen LogP contribution < -0.4 is 0 Å². The van der Waals surface area contributed by atoms with Gasteiger partial charge in [0.1, 0.15) is 4.90 Å². The molecule has 5 nitrogen and oxygen atoms in total. The number of amides is 1. The van der Waals surface area contributed by atoms with Gasteiger partial charge in [-0.25, -0.2) is 8.42 Å². The maximum Gasteiger partial charge on any atom is 0.254 e. The van der Waals surface area contributed by atoms with Crippen molar-refractivity contribution < 1.29 is 13.2 Å². The first-order valence-corrected chi connectivity index (χ1v) is 9.82. The molecule has 0 aromatic heterocycles. The third-order valence-corrected chi connectivity index (χ3v) is 6.75. The predicted molar refractivity (Wildman–Crippen MR) is 97.3 cm³/mol. The van der Waals surface area contributed by atoms with Gasteiger partial charge in [0.05, 0.1) is 5.02 Å². The zero-order valence-corrected chi connectivity index (χ0v) is 15.4. The molecule has 0 bridgehead atoms. The van der Waals surface area contributed by atoms with Crippen molar-refractivity contribution in [2.75, 3.05) is 26.2 Å². The van der Waals surface area contributed by atoms with E-state index in [0.29, 0.717) is 18.7 Å². The molecule has 3 rings (SSSR count). The SMILES string of the molecule is Cc1ccccc1C(=O)N1CCN(S(=O)(=O)c2ccccc2Cl)CC1. The zero-order chi connectivity index (χ0) is 18.0. The van der Waals surface area contributed by atoms with Crippen molar-refractivity contribution in [3.8, 4) is 0 Å². The van der Waals surface area contributed by atoms with Gasteiger partial charge in [0.2, 0.25) is 10.0 Å². The Labute approximate surface area is 152 Å². The molecule has 1 aliphatic rings. The summed E-state index contributed by atoms with van der Waals surface area (Å²) < 4.78 is 26.9. The summed E-state index contributed by atoms with van der Waals surface area (Å²) in [6.07, 6.45) is 0. The molecule has 1 saturated heterocycles. The van der Waals surface area contributed by atoms with Gasteiger partial charge in [-0.15, -0.1) is 0 Å². The number of carbonyl (C=O) groups is 1. The maximum absolute atomic E-state index is 12.7. The second-order valence-electron chi connectivity index (χ2n) is 5.94. The monoisotopic (exact) mass is 378 g/mol. The number of hydrogen-bond donors (Lipinski definition) is 0. The lowest BCUT2D eigenvalue weighted by molar-refractivity contribution is 0.0697. The third kappa shape index (κ3) is 3.56. The van der Waals surface area contributed by atoms with E-state index < -0.39 is 10.0 Å². The second kappa shape index (κ2) is 7.15.